The zero-order valence-corrected chi connectivity index (χ0v) is 20.3. The zero-order chi connectivity index (χ0) is 24.4. The number of aryl methyl sites for hydroxylation is 1. The van der Waals surface area contributed by atoms with Crippen LogP contribution in [0.3, 0.4) is 0 Å². The van der Waals surface area contributed by atoms with Crippen LogP contribution in [0, 0.1) is 18.6 Å². The highest BCUT2D eigenvalue weighted by atomic mass is 32.2. The summed E-state index contributed by atoms with van der Waals surface area (Å²) < 4.78 is 28.9. The van der Waals surface area contributed by atoms with Crippen molar-refractivity contribution < 1.29 is 8.78 Å². The average Bonchev–Trinajstić information content (AvgIpc) is 3.49. The van der Waals surface area contributed by atoms with Gasteiger partial charge in [-0.2, -0.15) is 5.10 Å². The molecule has 4 heterocycles. The summed E-state index contributed by atoms with van der Waals surface area (Å²) in [5.41, 5.74) is 8.37. The van der Waals surface area contributed by atoms with E-state index in [1.165, 1.54) is 23.1 Å². The number of nitrogens with two attached hydrogens (primary N) is 1. The molecule has 1 aliphatic rings. The number of aromatic nitrogens is 4. The minimum atomic E-state index is -0.853. The van der Waals surface area contributed by atoms with Gasteiger partial charge in [0, 0.05) is 42.0 Å². The molecule has 0 saturated carbocycles. The Morgan fingerprint density at radius 2 is 1.86 bits per heavy atom. The van der Waals surface area contributed by atoms with Gasteiger partial charge in [-0.25, -0.2) is 13.8 Å². The number of rotatable bonds is 7. The van der Waals surface area contributed by atoms with E-state index in [1.807, 2.05) is 31.2 Å². The lowest BCUT2D eigenvalue weighted by Crippen LogP contribution is -2.38. The van der Waals surface area contributed by atoms with Crippen LogP contribution >= 0.6 is 23.1 Å². The maximum atomic E-state index is 14.8. The first-order valence-electron chi connectivity index (χ1n) is 10.9. The summed E-state index contributed by atoms with van der Waals surface area (Å²) in [6.07, 6.45) is 7.97. The largest absolute Gasteiger partial charge is 0.324 e. The lowest BCUT2D eigenvalue weighted by Gasteiger charge is -2.36. The highest BCUT2D eigenvalue weighted by Gasteiger charge is 2.48. The predicted molar refractivity (Wildman–Crippen MR) is 134 cm³/mol. The van der Waals surface area contributed by atoms with Gasteiger partial charge >= 0.3 is 0 Å². The van der Waals surface area contributed by atoms with Gasteiger partial charge in [-0.1, -0.05) is 35.2 Å². The molecule has 11 heteroatoms. The molecule has 0 fully saturated rings. The van der Waals surface area contributed by atoms with Crippen molar-refractivity contribution in [1.82, 2.24) is 20.2 Å². The molecule has 0 amide bonds. The van der Waals surface area contributed by atoms with Gasteiger partial charge in [0.2, 0.25) is 5.13 Å². The Bertz CT molecular complexity index is 1350. The highest BCUT2D eigenvalue weighted by molar-refractivity contribution is 8.15. The number of hydrogen-bond donors (Lipinski definition) is 1. The van der Waals surface area contributed by atoms with Gasteiger partial charge < -0.3 is 5.73 Å². The summed E-state index contributed by atoms with van der Waals surface area (Å²) in [6.45, 7) is 1.85. The van der Waals surface area contributed by atoms with Crippen LogP contribution in [0.4, 0.5) is 13.9 Å². The minimum Gasteiger partial charge on any atom is -0.324 e. The van der Waals surface area contributed by atoms with Crippen molar-refractivity contribution in [3.05, 3.63) is 101 Å². The summed E-state index contributed by atoms with van der Waals surface area (Å²) in [7, 11) is 0. The van der Waals surface area contributed by atoms with Gasteiger partial charge in [0.1, 0.15) is 26.6 Å². The van der Waals surface area contributed by atoms with Crippen molar-refractivity contribution >= 4 is 33.3 Å². The lowest BCUT2D eigenvalue weighted by molar-refractivity contribution is 0.484. The van der Waals surface area contributed by atoms with Crippen molar-refractivity contribution in [2.75, 3.05) is 5.01 Å². The molecule has 0 radical (unpaired) electrons. The van der Waals surface area contributed by atoms with Crippen molar-refractivity contribution in [2.45, 2.75) is 30.7 Å². The number of hydrazone groups is 1. The molecule has 1 aliphatic heterocycles. The molecule has 5 rings (SSSR count). The molecular weight excluding hydrogens is 488 g/mol. The fourth-order valence-electron chi connectivity index (χ4n) is 3.92. The summed E-state index contributed by atoms with van der Waals surface area (Å²) in [5.74, 6) is -1.10. The van der Waals surface area contributed by atoms with Crippen LogP contribution < -0.4 is 10.7 Å². The molecular formula is C24H21F2N7S2. The second kappa shape index (κ2) is 9.76. The SMILES string of the molecule is Cc1nnc(N2N=C(c3cc(F)ccc3F)SC2(CCC(N)c2cccnc2)c2cccnc2)s1. The lowest BCUT2D eigenvalue weighted by atomic mass is 9.97. The van der Waals surface area contributed by atoms with E-state index in [0.29, 0.717) is 23.0 Å². The number of nitrogens with zero attached hydrogens (tertiary/aromatic N) is 6. The summed E-state index contributed by atoms with van der Waals surface area (Å²) in [6, 6.07) is 10.6. The van der Waals surface area contributed by atoms with Crippen LogP contribution in [-0.2, 0) is 4.87 Å². The number of halogens is 2. The third kappa shape index (κ3) is 4.66. The smallest absolute Gasteiger partial charge is 0.230 e. The van der Waals surface area contributed by atoms with E-state index in [1.54, 1.807) is 29.8 Å². The molecule has 0 bridgehead atoms. The average molecular weight is 510 g/mol. The molecule has 1 aromatic carbocycles. The first-order chi connectivity index (χ1) is 17.0. The van der Waals surface area contributed by atoms with Crippen molar-refractivity contribution in [3.63, 3.8) is 0 Å². The van der Waals surface area contributed by atoms with Crippen molar-refractivity contribution in [2.24, 2.45) is 10.8 Å². The molecule has 0 spiro atoms. The summed E-state index contributed by atoms with van der Waals surface area (Å²) in [5, 5.41) is 16.6. The number of pyridine rings is 2. The van der Waals surface area contributed by atoms with Crippen LogP contribution in [0.15, 0.2) is 72.4 Å². The maximum Gasteiger partial charge on any atom is 0.230 e. The van der Waals surface area contributed by atoms with Gasteiger partial charge in [-0.3, -0.25) is 9.97 Å². The van der Waals surface area contributed by atoms with Gasteiger partial charge in [-0.15, -0.1) is 10.2 Å². The molecule has 2 atom stereocenters. The Balaban J connectivity index is 1.60. The van der Waals surface area contributed by atoms with Gasteiger partial charge in [0.15, 0.2) is 0 Å². The molecule has 3 aromatic heterocycles. The van der Waals surface area contributed by atoms with E-state index in [-0.39, 0.29) is 11.6 Å². The van der Waals surface area contributed by atoms with E-state index in [4.69, 9.17) is 10.8 Å². The third-order valence-corrected chi connectivity index (χ3v) is 7.93. The highest BCUT2D eigenvalue weighted by Crippen LogP contribution is 2.53. The van der Waals surface area contributed by atoms with Crippen LogP contribution in [0.25, 0.3) is 0 Å². The zero-order valence-electron chi connectivity index (χ0n) is 18.7. The second-order valence-electron chi connectivity index (χ2n) is 8.00. The van der Waals surface area contributed by atoms with E-state index in [2.05, 4.69) is 20.2 Å². The molecule has 35 heavy (non-hydrogen) atoms. The number of benzene rings is 1. The van der Waals surface area contributed by atoms with Crippen LogP contribution in [0.1, 0.15) is 40.6 Å². The Kier molecular flexibility index (Phi) is 6.54. The maximum absolute atomic E-state index is 14.8. The Morgan fingerprint density at radius 3 is 2.54 bits per heavy atom. The summed E-state index contributed by atoms with van der Waals surface area (Å²) in [4.78, 5) is 7.64. The Labute approximate surface area is 209 Å². The molecule has 178 valence electrons. The quantitative estimate of drug-likeness (QED) is 0.368. The Morgan fingerprint density at radius 1 is 1.06 bits per heavy atom. The molecule has 0 saturated heterocycles. The van der Waals surface area contributed by atoms with Crippen molar-refractivity contribution in [3.8, 4) is 0 Å². The third-order valence-electron chi connectivity index (χ3n) is 5.67. The molecule has 0 aliphatic carbocycles. The minimum absolute atomic E-state index is 0.0866. The fourth-order valence-corrected chi connectivity index (χ4v) is 6.07. The van der Waals surface area contributed by atoms with E-state index < -0.39 is 16.5 Å². The van der Waals surface area contributed by atoms with Gasteiger partial charge in [0.25, 0.3) is 0 Å². The second-order valence-corrected chi connectivity index (χ2v) is 10.4. The normalized spacial score (nSPS) is 18.5. The molecule has 4 aromatic rings. The number of thioether (sulfide) groups is 1. The first-order valence-corrected chi connectivity index (χ1v) is 12.5. The van der Waals surface area contributed by atoms with Crippen LogP contribution in [0.2, 0.25) is 0 Å². The molecule has 7 nitrogen and oxygen atoms in total. The molecule has 2 N–H and O–H groups in total. The standard InChI is InChI=1S/C24H21F2N7S2/c1-15-30-31-23(34-15)33-24(17-5-3-11-29-14-17,9-8-21(27)16-4-2-10-28-13-16)35-22(32-33)19-12-18(25)6-7-20(19)26/h2-7,10-14,21H,8-9,27H2,1H3. The topological polar surface area (TPSA) is 93.2 Å². The monoisotopic (exact) mass is 509 g/mol. The van der Waals surface area contributed by atoms with E-state index in [9.17, 15) is 8.78 Å². The van der Waals surface area contributed by atoms with Gasteiger partial charge in [-0.05, 0) is 55.7 Å². The number of anilines is 1. The van der Waals surface area contributed by atoms with E-state index in [0.717, 1.165) is 34.3 Å². The van der Waals surface area contributed by atoms with Crippen molar-refractivity contribution in [1.29, 1.82) is 0 Å². The van der Waals surface area contributed by atoms with Crippen LogP contribution in [0.5, 0.6) is 0 Å². The fraction of sp³-hybridized carbons (Fsp3) is 0.208. The first kappa shape index (κ1) is 23.5. The summed E-state index contributed by atoms with van der Waals surface area (Å²) >= 11 is 2.70. The predicted octanol–water partition coefficient (Wildman–Crippen LogP) is 5.16. The van der Waals surface area contributed by atoms with E-state index >= 15 is 0 Å². The van der Waals surface area contributed by atoms with Gasteiger partial charge in [0.05, 0.1) is 0 Å². The Hall–Kier alpha value is -3.28. The number of hydrogen-bond acceptors (Lipinski definition) is 9. The van der Waals surface area contributed by atoms with Crippen LogP contribution in [-0.4, -0.2) is 25.2 Å². The molecule has 2 unspecified atom stereocenters.